The summed E-state index contributed by atoms with van der Waals surface area (Å²) in [6, 6.07) is 3.61. The van der Waals surface area contributed by atoms with Gasteiger partial charge in [-0.25, -0.2) is 0 Å². The Bertz CT molecular complexity index is 514. The average molecular weight is 230 g/mol. The number of nitrogens with zero attached hydrogens (tertiary/aromatic N) is 2. The van der Waals surface area contributed by atoms with Gasteiger partial charge in [-0.3, -0.25) is 9.97 Å². The quantitative estimate of drug-likeness (QED) is 0.874. The van der Waals surface area contributed by atoms with Crippen molar-refractivity contribution in [2.24, 2.45) is 0 Å². The molecule has 1 N–H and O–H groups in total. The monoisotopic (exact) mass is 230 g/mol. The maximum absolute atomic E-state index is 10.3. The van der Waals surface area contributed by atoms with E-state index in [1.807, 2.05) is 13.0 Å². The lowest BCUT2D eigenvalue weighted by molar-refractivity contribution is 0.213. The second-order valence-electron chi connectivity index (χ2n) is 3.75. The fraction of sp³-hybridized carbons (Fsp3) is 0.231. The zero-order chi connectivity index (χ0) is 12.3. The lowest BCUT2D eigenvalue weighted by atomic mass is 10.00. The van der Waals surface area contributed by atoms with E-state index in [1.165, 1.54) is 0 Å². The van der Waals surface area contributed by atoms with Crippen LogP contribution in [0.3, 0.4) is 0 Å². The summed E-state index contributed by atoms with van der Waals surface area (Å²) in [7, 11) is 1.56. The minimum absolute atomic E-state index is 0.572. The first-order valence-electron chi connectivity index (χ1n) is 5.30. The summed E-state index contributed by atoms with van der Waals surface area (Å²) >= 11 is 0. The number of rotatable bonds is 3. The Kier molecular flexibility index (Phi) is 3.35. The van der Waals surface area contributed by atoms with Crippen LogP contribution in [0.5, 0.6) is 5.75 Å². The van der Waals surface area contributed by atoms with Crippen LogP contribution in [0.1, 0.15) is 22.8 Å². The summed E-state index contributed by atoms with van der Waals surface area (Å²) in [5.74, 6) is 0.572. The first-order chi connectivity index (χ1) is 8.24. The third kappa shape index (κ3) is 2.26. The van der Waals surface area contributed by atoms with Crippen LogP contribution in [-0.2, 0) is 0 Å². The van der Waals surface area contributed by atoms with Crippen molar-refractivity contribution >= 4 is 0 Å². The molecule has 0 saturated carbocycles. The molecule has 2 aromatic rings. The van der Waals surface area contributed by atoms with Gasteiger partial charge in [0, 0.05) is 29.7 Å². The van der Waals surface area contributed by atoms with Gasteiger partial charge in [0.1, 0.15) is 11.9 Å². The Morgan fingerprint density at radius 1 is 1.12 bits per heavy atom. The van der Waals surface area contributed by atoms with Gasteiger partial charge in [0.2, 0.25) is 0 Å². The number of methoxy groups -OCH3 is 1. The Hall–Kier alpha value is -1.94. The molecular formula is C13H14N2O2. The number of hydrogen-bond acceptors (Lipinski definition) is 4. The number of hydrogen-bond donors (Lipinski definition) is 1. The molecule has 0 saturated heterocycles. The summed E-state index contributed by atoms with van der Waals surface area (Å²) in [6.45, 7) is 1.94. The van der Waals surface area contributed by atoms with E-state index in [2.05, 4.69) is 9.97 Å². The molecule has 2 aromatic heterocycles. The van der Waals surface area contributed by atoms with Crippen molar-refractivity contribution in [1.82, 2.24) is 9.97 Å². The normalized spacial score (nSPS) is 12.2. The van der Waals surface area contributed by atoms with Crippen molar-refractivity contribution in [1.29, 1.82) is 0 Å². The van der Waals surface area contributed by atoms with E-state index in [1.54, 1.807) is 38.0 Å². The molecule has 0 aromatic carbocycles. The smallest absolute Gasteiger partial charge is 0.143 e. The Balaban J connectivity index is 2.44. The number of pyridine rings is 2. The van der Waals surface area contributed by atoms with Crippen LogP contribution >= 0.6 is 0 Å². The van der Waals surface area contributed by atoms with Crippen molar-refractivity contribution in [2.75, 3.05) is 7.11 Å². The largest absolute Gasteiger partial charge is 0.495 e. The Labute approximate surface area is 99.9 Å². The predicted molar refractivity (Wildman–Crippen MR) is 63.8 cm³/mol. The van der Waals surface area contributed by atoms with Crippen molar-refractivity contribution in [2.45, 2.75) is 13.0 Å². The number of aliphatic hydroxyl groups is 1. The van der Waals surface area contributed by atoms with E-state index < -0.39 is 6.10 Å². The minimum Gasteiger partial charge on any atom is -0.495 e. The SMILES string of the molecule is COc1cnccc1C(O)c1cnccc1C. The molecule has 0 aliphatic heterocycles. The van der Waals surface area contributed by atoms with Crippen molar-refractivity contribution in [3.05, 3.63) is 53.6 Å². The van der Waals surface area contributed by atoms with Crippen LogP contribution in [0.15, 0.2) is 36.9 Å². The number of ether oxygens (including phenoxy) is 1. The van der Waals surface area contributed by atoms with E-state index in [9.17, 15) is 5.11 Å². The van der Waals surface area contributed by atoms with Crippen molar-refractivity contribution in [3.63, 3.8) is 0 Å². The molecule has 0 fully saturated rings. The highest BCUT2D eigenvalue weighted by Crippen LogP contribution is 2.29. The molecule has 0 aliphatic rings. The van der Waals surface area contributed by atoms with Crippen molar-refractivity contribution in [3.8, 4) is 5.75 Å². The summed E-state index contributed by atoms with van der Waals surface area (Å²) in [6.07, 6.45) is 5.84. The van der Waals surface area contributed by atoms with Crippen LogP contribution in [-0.4, -0.2) is 22.2 Å². The molecular weight excluding hydrogens is 216 g/mol. The third-order valence-corrected chi connectivity index (χ3v) is 2.71. The molecule has 2 rings (SSSR count). The summed E-state index contributed by atoms with van der Waals surface area (Å²) in [5, 5.41) is 10.3. The molecule has 4 nitrogen and oxygen atoms in total. The topological polar surface area (TPSA) is 55.2 Å². The molecule has 0 aliphatic carbocycles. The number of aromatic nitrogens is 2. The standard InChI is InChI=1S/C13H14N2O2/c1-9-3-5-14-7-11(9)13(16)10-4-6-15-8-12(10)17-2/h3-8,13,16H,1-2H3. The highest BCUT2D eigenvalue weighted by molar-refractivity contribution is 5.39. The Morgan fingerprint density at radius 2 is 1.82 bits per heavy atom. The maximum atomic E-state index is 10.3. The fourth-order valence-corrected chi connectivity index (χ4v) is 1.72. The molecule has 0 bridgehead atoms. The van der Waals surface area contributed by atoms with Gasteiger partial charge in [-0.1, -0.05) is 0 Å². The number of aliphatic hydroxyl groups excluding tert-OH is 1. The van der Waals surface area contributed by atoms with Crippen LogP contribution < -0.4 is 4.74 Å². The van der Waals surface area contributed by atoms with Gasteiger partial charge in [-0.05, 0) is 24.6 Å². The van der Waals surface area contributed by atoms with Gasteiger partial charge in [-0.15, -0.1) is 0 Å². The van der Waals surface area contributed by atoms with E-state index in [4.69, 9.17) is 4.74 Å². The highest BCUT2D eigenvalue weighted by atomic mass is 16.5. The molecule has 1 unspecified atom stereocenters. The predicted octanol–water partition coefficient (Wildman–Crippen LogP) is 1.88. The minimum atomic E-state index is -0.748. The molecule has 4 heteroatoms. The third-order valence-electron chi connectivity index (χ3n) is 2.71. The summed E-state index contributed by atoms with van der Waals surface area (Å²) in [5.41, 5.74) is 2.46. The zero-order valence-electron chi connectivity index (χ0n) is 9.79. The molecule has 17 heavy (non-hydrogen) atoms. The summed E-state index contributed by atoms with van der Waals surface area (Å²) in [4.78, 5) is 7.99. The van der Waals surface area contributed by atoms with Gasteiger partial charge in [0.05, 0.1) is 13.3 Å². The van der Waals surface area contributed by atoms with E-state index in [0.717, 1.165) is 11.1 Å². The second kappa shape index (κ2) is 4.93. The summed E-state index contributed by atoms with van der Waals surface area (Å²) < 4.78 is 5.18. The van der Waals surface area contributed by atoms with E-state index in [0.29, 0.717) is 11.3 Å². The van der Waals surface area contributed by atoms with Crippen LogP contribution in [0.25, 0.3) is 0 Å². The van der Waals surface area contributed by atoms with Crippen LogP contribution in [0.2, 0.25) is 0 Å². The highest BCUT2D eigenvalue weighted by Gasteiger charge is 2.17. The molecule has 0 spiro atoms. The Morgan fingerprint density at radius 3 is 2.53 bits per heavy atom. The maximum Gasteiger partial charge on any atom is 0.143 e. The molecule has 0 amide bonds. The molecule has 0 radical (unpaired) electrons. The van der Waals surface area contributed by atoms with Gasteiger partial charge in [0.15, 0.2) is 0 Å². The first kappa shape index (κ1) is 11.5. The molecule has 2 heterocycles. The van der Waals surface area contributed by atoms with E-state index in [-0.39, 0.29) is 0 Å². The second-order valence-corrected chi connectivity index (χ2v) is 3.75. The molecule has 88 valence electrons. The van der Waals surface area contributed by atoms with Crippen LogP contribution in [0, 0.1) is 6.92 Å². The lowest BCUT2D eigenvalue weighted by Crippen LogP contribution is -2.05. The average Bonchev–Trinajstić information content (AvgIpc) is 2.38. The zero-order valence-corrected chi connectivity index (χ0v) is 9.79. The lowest BCUT2D eigenvalue weighted by Gasteiger charge is -2.15. The number of aryl methyl sites for hydroxylation is 1. The first-order valence-corrected chi connectivity index (χ1v) is 5.30. The van der Waals surface area contributed by atoms with Crippen LogP contribution in [0.4, 0.5) is 0 Å². The van der Waals surface area contributed by atoms with Gasteiger partial charge >= 0.3 is 0 Å². The molecule has 1 atom stereocenters. The van der Waals surface area contributed by atoms with Gasteiger partial charge in [-0.2, -0.15) is 0 Å². The van der Waals surface area contributed by atoms with Crippen molar-refractivity contribution < 1.29 is 9.84 Å². The fourth-order valence-electron chi connectivity index (χ4n) is 1.72. The van der Waals surface area contributed by atoms with Gasteiger partial charge in [0.25, 0.3) is 0 Å². The van der Waals surface area contributed by atoms with Gasteiger partial charge < -0.3 is 9.84 Å². The van der Waals surface area contributed by atoms with E-state index >= 15 is 0 Å².